The van der Waals surface area contributed by atoms with E-state index < -0.39 is 0 Å². The minimum atomic E-state index is -0.294. The van der Waals surface area contributed by atoms with Gasteiger partial charge in [-0.1, -0.05) is 57.2 Å². The van der Waals surface area contributed by atoms with E-state index >= 15 is 0 Å². The van der Waals surface area contributed by atoms with Gasteiger partial charge in [0.15, 0.2) is 0 Å². The molecule has 0 saturated carbocycles. The molecule has 1 amide bonds. The zero-order chi connectivity index (χ0) is 21.3. The van der Waals surface area contributed by atoms with Crippen molar-refractivity contribution in [3.8, 4) is 16.9 Å². The molecule has 3 aromatic rings. The summed E-state index contributed by atoms with van der Waals surface area (Å²) in [5, 5.41) is 1.11. The van der Waals surface area contributed by atoms with Gasteiger partial charge in [0.25, 0.3) is 0 Å². The summed E-state index contributed by atoms with van der Waals surface area (Å²) in [6, 6.07) is 14.6. The summed E-state index contributed by atoms with van der Waals surface area (Å²) >= 11 is 0. The number of benzene rings is 2. The van der Waals surface area contributed by atoms with Crippen LogP contribution in [-0.2, 0) is 17.8 Å². The van der Waals surface area contributed by atoms with Crippen LogP contribution in [0.25, 0.3) is 22.0 Å². The Labute approximate surface area is 180 Å². The van der Waals surface area contributed by atoms with Gasteiger partial charge in [-0.3, -0.25) is 4.79 Å². The van der Waals surface area contributed by atoms with Gasteiger partial charge in [-0.25, -0.2) is 0 Å². The largest absolute Gasteiger partial charge is 0.494 e. The van der Waals surface area contributed by atoms with Crippen LogP contribution in [0.3, 0.4) is 0 Å². The maximum Gasteiger partial charge on any atom is 0.221 e. The smallest absolute Gasteiger partial charge is 0.221 e. The van der Waals surface area contributed by atoms with Crippen molar-refractivity contribution in [3.63, 3.8) is 0 Å². The van der Waals surface area contributed by atoms with Crippen molar-refractivity contribution in [1.82, 2.24) is 4.57 Å². The molecule has 2 aromatic carbocycles. The van der Waals surface area contributed by atoms with Crippen molar-refractivity contribution in [1.29, 1.82) is 0 Å². The molecule has 0 unspecified atom stereocenters. The Morgan fingerprint density at radius 1 is 0.967 bits per heavy atom. The molecule has 1 heterocycles. The lowest BCUT2D eigenvalue weighted by atomic mass is 10.0. The van der Waals surface area contributed by atoms with Gasteiger partial charge in [-0.2, -0.15) is 0 Å². The average molecular weight is 407 g/mol. The topological polar surface area (TPSA) is 57.2 Å². The van der Waals surface area contributed by atoms with Crippen molar-refractivity contribution in [2.75, 3.05) is 6.61 Å². The lowest BCUT2D eigenvalue weighted by molar-refractivity contribution is -0.117. The fourth-order valence-electron chi connectivity index (χ4n) is 4.06. The van der Waals surface area contributed by atoms with Gasteiger partial charge in [0.05, 0.1) is 13.0 Å². The zero-order valence-corrected chi connectivity index (χ0v) is 18.3. The van der Waals surface area contributed by atoms with Crippen molar-refractivity contribution in [2.24, 2.45) is 5.73 Å². The Kier molecular flexibility index (Phi) is 7.95. The highest BCUT2D eigenvalue weighted by Crippen LogP contribution is 2.30. The van der Waals surface area contributed by atoms with Crippen LogP contribution in [0, 0.1) is 0 Å². The number of carbonyl (C=O) groups is 1. The van der Waals surface area contributed by atoms with Crippen LogP contribution in [0.15, 0.2) is 48.7 Å². The number of carbonyl (C=O) groups excluding carboxylic acids is 1. The minimum Gasteiger partial charge on any atom is -0.494 e. The number of aromatic nitrogens is 1. The first kappa shape index (κ1) is 21.9. The summed E-state index contributed by atoms with van der Waals surface area (Å²) in [4.78, 5) is 11.7. The number of unbranched alkanes of at least 4 members (excludes halogenated alkanes) is 5. The minimum absolute atomic E-state index is 0.266. The lowest BCUT2D eigenvalue weighted by Gasteiger charge is -2.08. The number of nitrogens with zero attached hydrogens (tertiary/aromatic N) is 1. The van der Waals surface area contributed by atoms with Gasteiger partial charge in [-0.15, -0.1) is 0 Å². The number of amides is 1. The van der Waals surface area contributed by atoms with Crippen LogP contribution in [0.1, 0.15) is 57.9 Å². The average Bonchev–Trinajstić information content (AvgIpc) is 3.07. The number of primary amides is 1. The Morgan fingerprint density at radius 2 is 1.73 bits per heavy atom. The van der Waals surface area contributed by atoms with E-state index in [4.69, 9.17) is 10.5 Å². The SMILES string of the molecule is CCCCCCCCn1cc(CC(N)=O)c2cc(-c3cccc(OCC)c3)ccc21. The summed E-state index contributed by atoms with van der Waals surface area (Å²) in [6.07, 6.45) is 9.98. The number of nitrogens with two attached hydrogens (primary N) is 1. The molecular weight excluding hydrogens is 372 g/mol. The molecule has 30 heavy (non-hydrogen) atoms. The van der Waals surface area contributed by atoms with Crippen LogP contribution in [0.5, 0.6) is 5.75 Å². The van der Waals surface area contributed by atoms with Gasteiger partial charge in [0, 0.05) is 23.6 Å². The van der Waals surface area contributed by atoms with Gasteiger partial charge in [-0.05, 0) is 54.3 Å². The lowest BCUT2D eigenvalue weighted by Crippen LogP contribution is -2.13. The van der Waals surface area contributed by atoms with Crippen molar-refractivity contribution >= 4 is 16.8 Å². The van der Waals surface area contributed by atoms with Gasteiger partial charge in [0.2, 0.25) is 5.91 Å². The molecule has 0 radical (unpaired) electrons. The molecule has 0 bridgehead atoms. The summed E-state index contributed by atoms with van der Waals surface area (Å²) in [5.41, 5.74) is 9.93. The third-order valence-corrected chi connectivity index (χ3v) is 5.56. The number of rotatable bonds is 12. The van der Waals surface area contributed by atoms with E-state index in [2.05, 4.69) is 48.0 Å². The third-order valence-electron chi connectivity index (χ3n) is 5.56. The van der Waals surface area contributed by atoms with Crippen LogP contribution in [0.4, 0.5) is 0 Å². The molecule has 0 aliphatic heterocycles. The van der Waals surface area contributed by atoms with E-state index in [0.29, 0.717) is 6.61 Å². The normalized spacial score (nSPS) is 11.1. The highest BCUT2D eigenvalue weighted by Gasteiger charge is 2.12. The maximum atomic E-state index is 11.7. The molecule has 0 saturated heterocycles. The first-order valence-electron chi connectivity index (χ1n) is 11.3. The number of hydrogen-bond donors (Lipinski definition) is 1. The number of fused-ring (bicyclic) bond motifs is 1. The Bertz CT molecular complexity index is 974. The third kappa shape index (κ3) is 5.65. The van der Waals surface area contributed by atoms with Gasteiger partial charge < -0.3 is 15.0 Å². The fraction of sp³-hybridized carbons (Fsp3) is 0.423. The standard InChI is InChI=1S/C26H34N2O2/c1-3-5-6-7-8-9-15-28-19-22(18-26(27)29)24-17-21(13-14-25(24)28)20-11-10-12-23(16-20)30-4-2/h10-14,16-17,19H,3-9,15,18H2,1-2H3,(H2,27,29). The monoisotopic (exact) mass is 406 g/mol. The highest BCUT2D eigenvalue weighted by atomic mass is 16.5. The van der Waals surface area contributed by atoms with E-state index in [1.54, 1.807) is 0 Å². The molecule has 1 aromatic heterocycles. The molecule has 3 rings (SSSR count). The predicted molar refractivity (Wildman–Crippen MR) is 125 cm³/mol. The summed E-state index contributed by atoms with van der Waals surface area (Å²) < 4.78 is 7.94. The Hall–Kier alpha value is -2.75. The number of hydrogen-bond acceptors (Lipinski definition) is 2. The molecule has 0 aliphatic rings. The summed E-state index contributed by atoms with van der Waals surface area (Å²) in [6.45, 7) is 5.85. The molecule has 4 nitrogen and oxygen atoms in total. The van der Waals surface area contributed by atoms with E-state index in [-0.39, 0.29) is 12.3 Å². The van der Waals surface area contributed by atoms with Crippen LogP contribution >= 0.6 is 0 Å². The van der Waals surface area contributed by atoms with Gasteiger partial charge >= 0.3 is 0 Å². The van der Waals surface area contributed by atoms with Crippen LogP contribution < -0.4 is 10.5 Å². The number of aryl methyl sites for hydroxylation is 1. The van der Waals surface area contributed by atoms with Gasteiger partial charge in [0.1, 0.15) is 5.75 Å². The quantitative estimate of drug-likeness (QED) is 0.370. The van der Waals surface area contributed by atoms with E-state index in [1.165, 1.54) is 37.6 Å². The van der Waals surface area contributed by atoms with E-state index in [9.17, 15) is 4.79 Å². The highest BCUT2D eigenvalue weighted by molar-refractivity contribution is 5.92. The summed E-state index contributed by atoms with van der Waals surface area (Å²) in [7, 11) is 0. The second-order valence-corrected chi connectivity index (χ2v) is 7.95. The molecule has 0 spiro atoms. The first-order chi connectivity index (χ1) is 14.6. The Morgan fingerprint density at radius 3 is 2.50 bits per heavy atom. The van der Waals surface area contributed by atoms with Crippen molar-refractivity contribution in [3.05, 3.63) is 54.2 Å². The predicted octanol–water partition coefficient (Wildman–Crippen LogP) is 6.10. The van der Waals surface area contributed by atoms with Crippen molar-refractivity contribution < 1.29 is 9.53 Å². The number of ether oxygens (including phenoxy) is 1. The first-order valence-corrected chi connectivity index (χ1v) is 11.3. The molecular formula is C26H34N2O2. The second kappa shape index (κ2) is 10.9. The summed E-state index contributed by atoms with van der Waals surface area (Å²) in [5.74, 6) is 0.575. The molecule has 2 N–H and O–H groups in total. The molecule has 4 heteroatoms. The maximum absolute atomic E-state index is 11.7. The van der Waals surface area contributed by atoms with Crippen LogP contribution in [0.2, 0.25) is 0 Å². The second-order valence-electron chi connectivity index (χ2n) is 7.95. The van der Waals surface area contributed by atoms with E-state index in [0.717, 1.165) is 40.8 Å². The Balaban J connectivity index is 1.85. The molecule has 0 aliphatic carbocycles. The molecule has 160 valence electrons. The fourth-order valence-corrected chi connectivity index (χ4v) is 4.06. The molecule has 0 atom stereocenters. The van der Waals surface area contributed by atoms with E-state index in [1.807, 2.05) is 19.1 Å². The van der Waals surface area contributed by atoms with Crippen molar-refractivity contribution in [2.45, 2.75) is 65.3 Å². The molecule has 0 fully saturated rings. The zero-order valence-electron chi connectivity index (χ0n) is 18.3. The van der Waals surface area contributed by atoms with Crippen LogP contribution in [-0.4, -0.2) is 17.1 Å².